The van der Waals surface area contributed by atoms with Gasteiger partial charge >= 0.3 is 5.97 Å². The summed E-state index contributed by atoms with van der Waals surface area (Å²) in [5.41, 5.74) is 2.86. The molecular formula is C24H26N2O5. The molecule has 1 amide bonds. The van der Waals surface area contributed by atoms with Crippen LogP contribution in [0.2, 0.25) is 0 Å². The van der Waals surface area contributed by atoms with Crippen LogP contribution in [0.5, 0.6) is 11.5 Å². The van der Waals surface area contributed by atoms with Crippen molar-refractivity contribution >= 4 is 29.4 Å². The van der Waals surface area contributed by atoms with E-state index in [0.717, 1.165) is 5.56 Å². The molecule has 0 fully saturated rings. The Hall–Kier alpha value is -3.61. The van der Waals surface area contributed by atoms with Gasteiger partial charge in [0.25, 0.3) is 5.91 Å². The normalized spacial score (nSPS) is 14.8. The molecule has 0 spiro atoms. The van der Waals surface area contributed by atoms with E-state index in [1.807, 2.05) is 25.1 Å². The molecule has 1 aliphatic rings. The predicted octanol–water partition coefficient (Wildman–Crippen LogP) is 4.47. The van der Waals surface area contributed by atoms with E-state index in [2.05, 4.69) is 5.10 Å². The fourth-order valence-corrected chi connectivity index (χ4v) is 3.10. The number of benzene rings is 2. The fourth-order valence-electron chi connectivity index (χ4n) is 3.10. The first kappa shape index (κ1) is 22.1. The highest BCUT2D eigenvalue weighted by Crippen LogP contribution is 2.30. The summed E-state index contributed by atoms with van der Waals surface area (Å²) in [4.78, 5) is 25.0. The van der Waals surface area contributed by atoms with Crippen molar-refractivity contribution in [3.05, 3.63) is 59.2 Å². The summed E-state index contributed by atoms with van der Waals surface area (Å²) in [5.74, 6) is 0.590. The molecule has 162 valence electrons. The lowest BCUT2D eigenvalue weighted by atomic mass is 10.1. The Labute approximate surface area is 181 Å². The molecule has 0 saturated carbocycles. The first-order valence-electron chi connectivity index (χ1n) is 10.1. The molecule has 0 bridgehead atoms. The van der Waals surface area contributed by atoms with Crippen molar-refractivity contribution in [3.63, 3.8) is 0 Å². The molecule has 0 saturated heterocycles. The maximum Gasteiger partial charge on any atom is 0.338 e. The van der Waals surface area contributed by atoms with Crippen molar-refractivity contribution in [2.45, 2.75) is 33.8 Å². The molecule has 1 aliphatic heterocycles. The van der Waals surface area contributed by atoms with Crippen molar-refractivity contribution in [1.82, 2.24) is 0 Å². The average Bonchev–Trinajstić information content (AvgIpc) is 3.02. The number of carbonyl (C=O) groups excluding carboxylic acids is 2. The number of hydrogen-bond acceptors (Lipinski definition) is 6. The summed E-state index contributed by atoms with van der Waals surface area (Å²) in [5, 5.41) is 5.71. The molecular weight excluding hydrogens is 396 g/mol. The Kier molecular flexibility index (Phi) is 6.74. The molecule has 2 aromatic carbocycles. The van der Waals surface area contributed by atoms with Crippen LogP contribution in [0.25, 0.3) is 6.08 Å². The maximum absolute atomic E-state index is 13.0. The second-order valence-electron chi connectivity index (χ2n) is 7.20. The van der Waals surface area contributed by atoms with E-state index >= 15 is 0 Å². The Morgan fingerprint density at radius 2 is 1.84 bits per heavy atom. The van der Waals surface area contributed by atoms with Crippen LogP contribution in [0.3, 0.4) is 0 Å². The van der Waals surface area contributed by atoms with Crippen LogP contribution < -0.4 is 14.5 Å². The zero-order valence-corrected chi connectivity index (χ0v) is 18.3. The minimum Gasteiger partial charge on any atom is -0.493 e. The molecule has 3 rings (SSSR count). The van der Waals surface area contributed by atoms with Crippen LogP contribution in [0, 0.1) is 0 Å². The molecule has 0 aromatic heterocycles. The summed E-state index contributed by atoms with van der Waals surface area (Å²) in [6.07, 6.45) is 1.57. The third-order valence-corrected chi connectivity index (χ3v) is 4.55. The third kappa shape index (κ3) is 4.94. The van der Waals surface area contributed by atoms with Gasteiger partial charge in [-0.1, -0.05) is 6.07 Å². The number of hydrazone groups is 1. The van der Waals surface area contributed by atoms with E-state index in [1.54, 1.807) is 58.2 Å². The number of hydrogen-bond donors (Lipinski definition) is 0. The lowest BCUT2D eigenvalue weighted by molar-refractivity contribution is -0.114. The second kappa shape index (κ2) is 9.47. The minimum absolute atomic E-state index is 0.200. The van der Waals surface area contributed by atoms with Crippen LogP contribution >= 0.6 is 0 Å². The van der Waals surface area contributed by atoms with Gasteiger partial charge in [-0.15, -0.1) is 0 Å². The smallest absolute Gasteiger partial charge is 0.338 e. The van der Waals surface area contributed by atoms with Gasteiger partial charge in [0.05, 0.1) is 42.4 Å². The molecule has 2 aromatic rings. The van der Waals surface area contributed by atoms with Gasteiger partial charge in [0.2, 0.25) is 0 Å². The van der Waals surface area contributed by atoms with Gasteiger partial charge < -0.3 is 14.2 Å². The molecule has 0 aliphatic carbocycles. The van der Waals surface area contributed by atoms with Crippen LogP contribution in [0.15, 0.2) is 53.1 Å². The predicted molar refractivity (Wildman–Crippen MR) is 120 cm³/mol. The van der Waals surface area contributed by atoms with Gasteiger partial charge in [-0.3, -0.25) is 4.79 Å². The number of esters is 1. The van der Waals surface area contributed by atoms with Crippen molar-refractivity contribution in [2.75, 3.05) is 18.7 Å². The zero-order chi connectivity index (χ0) is 22.5. The highest BCUT2D eigenvalue weighted by molar-refractivity contribution is 6.32. The highest BCUT2D eigenvalue weighted by atomic mass is 16.5. The highest BCUT2D eigenvalue weighted by Gasteiger charge is 2.29. The van der Waals surface area contributed by atoms with Gasteiger partial charge in [0.1, 0.15) is 0 Å². The molecule has 1 heterocycles. The zero-order valence-electron chi connectivity index (χ0n) is 18.3. The average molecular weight is 422 g/mol. The summed E-state index contributed by atoms with van der Waals surface area (Å²) in [6, 6.07) is 12.1. The summed E-state index contributed by atoms with van der Waals surface area (Å²) in [7, 11) is 1.57. The summed E-state index contributed by atoms with van der Waals surface area (Å²) < 4.78 is 16.1. The number of methoxy groups -OCH3 is 1. The van der Waals surface area contributed by atoms with E-state index in [0.29, 0.717) is 40.6 Å². The van der Waals surface area contributed by atoms with E-state index in [-0.39, 0.29) is 12.0 Å². The number of amides is 1. The Morgan fingerprint density at radius 1 is 1.13 bits per heavy atom. The topological polar surface area (TPSA) is 77.4 Å². The molecule has 0 radical (unpaired) electrons. The molecule has 7 heteroatoms. The molecule has 31 heavy (non-hydrogen) atoms. The van der Waals surface area contributed by atoms with Crippen LogP contribution in [-0.2, 0) is 9.53 Å². The van der Waals surface area contributed by atoms with Crippen molar-refractivity contribution < 1.29 is 23.8 Å². The first-order chi connectivity index (χ1) is 14.8. The molecule has 0 N–H and O–H groups in total. The minimum atomic E-state index is -0.404. The van der Waals surface area contributed by atoms with E-state index < -0.39 is 5.97 Å². The van der Waals surface area contributed by atoms with Gasteiger partial charge in [0.15, 0.2) is 11.5 Å². The number of carbonyl (C=O) groups is 2. The number of anilines is 1. The molecule has 0 atom stereocenters. The maximum atomic E-state index is 13.0. The Morgan fingerprint density at radius 3 is 2.45 bits per heavy atom. The van der Waals surface area contributed by atoms with E-state index in [1.165, 1.54) is 5.01 Å². The summed E-state index contributed by atoms with van der Waals surface area (Å²) in [6.45, 7) is 7.80. The monoisotopic (exact) mass is 422 g/mol. The van der Waals surface area contributed by atoms with Gasteiger partial charge in [-0.2, -0.15) is 10.1 Å². The Balaban J connectivity index is 1.82. The van der Waals surface area contributed by atoms with Crippen molar-refractivity contribution in [1.29, 1.82) is 0 Å². The third-order valence-electron chi connectivity index (χ3n) is 4.55. The van der Waals surface area contributed by atoms with Crippen LogP contribution in [-0.4, -0.2) is 37.4 Å². The van der Waals surface area contributed by atoms with Gasteiger partial charge in [-0.25, -0.2) is 4.79 Å². The quantitative estimate of drug-likeness (QED) is 0.486. The largest absolute Gasteiger partial charge is 0.493 e. The van der Waals surface area contributed by atoms with Crippen molar-refractivity contribution in [2.24, 2.45) is 5.10 Å². The SMILES string of the molecule is CCOc1ccc(/C=C2\C(=O)N(c3ccc(C(=O)OC(C)C)cc3)N=C2C)cc1OC. The number of ether oxygens (including phenoxy) is 3. The number of nitrogens with zero attached hydrogens (tertiary/aromatic N) is 2. The van der Waals surface area contributed by atoms with Crippen molar-refractivity contribution in [3.8, 4) is 11.5 Å². The Bertz CT molecular complexity index is 1040. The first-order valence-corrected chi connectivity index (χ1v) is 10.1. The molecule has 7 nitrogen and oxygen atoms in total. The second-order valence-corrected chi connectivity index (χ2v) is 7.20. The lowest BCUT2D eigenvalue weighted by Crippen LogP contribution is -2.21. The van der Waals surface area contributed by atoms with E-state index in [9.17, 15) is 9.59 Å². The lowest BCUT2D eigenvalue weighted by Gasteiger charge is -2.13. The van der Waals surface area contributed by atoms with E-state index in [4.69, 9.17) is 14.2 Å². The number of rotatable bonds is 7. The van der Waals surface area contributed by atoms with Gasteiger partial charge in [-0.05, 0) is 75.7 Å². The van der Waals surface area contributed by atoms with Gasteiger partial charge in [0, 0.05) is 0 Å². The standard InChI is InChI=1S/C24H26N2O5/c1-6-30-21-12-7-17(14-22(21)29-5)13-20-16(4)25-26(23(20)27)19-10-8-18(9-11-19)24(28)31-15(2)3/h7-15H,6H2,1-5H3/b20-13-. The van der Waals surface area contributed by atoms with Crippen LogP contribution in [0.1, 0.15) is 43.6 Å². The fraction of sp³-hybridized carbons (Fsp3) is 0.292. The molecule has 0 unspecified atom stereocenters. The summed E-state index contributed by atoms with van der Waals surface area (Å²) >= 11 is 0. The van der Waals surface area contributed by atoms with Crippen LogP contribution in [0.4, 0.5) is 5.69 Å².